The number of hydrogen-bond donors (Lipinski definition) is 0. The maximum atomic E-state index is 13.0. The zero-order chi connectivity index (χ0) is 22.2. The van der Waals surface area contributed by atoms with Crippen molar-refractivity contribution in [2.24, 2.45) is 18.0 Å². The van der Waals surface area contributed by atoms with Crippen LogP contribution in [-0.4, -0.2) is 43.4 Å². The molecule has 0 saturated carbocycles. The predicted octanol–water partition coefficient (Wildman–Crippen LogP) is 3.43. The first-order chi connectivity index (χ1) is 14.8. The standard InChI is InChI=1S/C21H22ClN3O4S2/c1-24-18-10-7-16(29-2)12-19(18)30-21(24)23-20(26)14-4-3-11-25(13-14)31(27,28)17-8-5-15(22)6-9-17/h5-10,12,14H,3-4,11,13H2,1-2H3. The minimum absolute atomic E-state index is 0.121. The third kappa shape index (κ3) is 4.41. The van der Waals surface area contributed by atoms with Crippen molar-refractivity contribution in [2.45, 2.75) is 17.7 Å². The third-order valence-electron chi connectivity index (χ3n) is 5.41. The van der Waals surface area contributed by atoms with E-state index in [9.17, 15) is 13.2 Å². The van der Waals surface area contributed by atoms with E-state index in [0.717, 1.165) is 16.0 Å². The highest BCUT2D eigenvalue weighted by Gasteiger charge is 2.33. The molecule has 1 unspecified atom stereocenters. The topological polar surface area (TPSA) is 81.0 Å². The van der Waals surface area contributed by atoms with Crippen molar-refractivity contribution in [1.29, 1.82) is 0 Å². The van der Waals surface area contributed by atoms with E-state index in [2.05, 4.69) is 4.99 Å². The molecule has 2 heterocycles. The molecule has 7 nitrogen and oxygen atoms in total. The van der Waals surface area contributed by atoms with E-state index in [-0.39, 0.29) is 17.3 Å². The minimum Gasteiger partial charge on any atom is -0.497 e. The molecule has 1 fully saturated rings. The summed E-state index contributed by atoms with van der Waals surface area (Å²) in [4.78, 5) is 18.0. The van der Waals surface area contributed by atoms with Gasteiger partial charge in [0.1, 0.15) is 5.75 Å². The number of aryl methyl sites for hydroxylation is 1. The molecule has 164 valence electrons. The van der Waals surface area contributed by atoms with E-state index in [1.165, 1.54) is 27.8 Å². The van der Waals surface area contributed by atoms with Crippen LogP contribution in [0.25, 0.3) is 10.2 Å². The van der Waals surface area contributed by atoms with Crippen molar-refractivity contribution in [3.63, 3.8) is 0 Å². The molecule has 31 heavy (non-hydrogen) atoms. The number of piperidine rings is 1. The maximum absolute atomic E-state index is 13.0. The fraction of sp³-hybridized carbons (Fsp3) is 0.333. The largest absolute Gasteiger partial charge is 0.497 e. The lowest BCUT2D eigenvalue weighted by atomic mass is 9.99. The van der Waals surface area contributed by atoms with Crippen molar-refractivity contribution in [2.75, 3.05) is 20.2 Å². The summed E-state index contributed by atoms with van der Waals surface area (Å²) in [6.45, 7) is 0.501. The van der Waals surface area contributed by atoms with Crippen molar-refractivity contribution < 1.29 is 17.9 Å². The Labute approximate surface area is 189 Å². The Bertz CT molecular complexity index is 1300. The van der Waals surface area contributed by atoms with Crippen LogP contribution in [0.1, 0.15) is 12.8 Å². The number of nitrogens with zero attached hydrogens (tertiary/aromatic N) is 3. The number of thiazole rings is 1. The normalized spacial score (nSPS) is 18.4. The summed E-state index contributed by atoms with van der Waals surface area (Å²) in [6.07, 6.45) is 1.21. The molecule has 0 radical (unpaired) electrons. The van der Waals surface area contributed by atoms with Crippen molar-refractivity contribution in [3.05, 3.63) is 52.3 Å². The Balaban J connectivity index is 1.59. The van der Waals surface area contributed by atoms with Gasteiger partial charge in [-0.1, -0.05) is 22.9 Å². The monoisotopic (exact) mass is 479 g/mol. The Hall–Kier alpha value is -2.20. The summed E-state index contributed by atoms with van der Waals surface area (Å²) in [5.74, 6) is -0.0387. The van der Waals surface area contributed by atoms with E-state index >= 15 is 0 Å². The van der Waals surface area contributed by atoms with Gasteiger partial charge in [0.15, 0.2) is 4.80 Å². The first-order valence-electron chi connectivity index (χ1n) is 9.77. The molecule has 0 aliphatic carbocycles. The van der Waals surface area contributed by atoms with Gasteiger partial charge in [0.2, 0.25) is 10.0 Å². The van der Waals surface area contributed by atoms with Gasteiger partial charge in [-0.05, 0) is 55.3 Å². The molecule has 1 aromatic heterocycles. The second-order valence-corrected chi connectivity index (χ2v) is 10.8. The lowest BCUT2D eigenvalue weighted by Crippen LogP contribution is -2.42. The Morgan fingerprint density at radius 2 is 1.97 bits per heavy atom. The van der Waals surface area contributed by atoms with Crippen molar-refractivity contribution in [1.82, 2.24) is 8.87 Å². The molecule has 1 amide bonds. The van der Waals surface area contributed by atoms with Crippen LogP contribution in [-0.2, 0) is 21.9 Å². The predicted molar refractivity (Wildman–Crippen MR) is 121 cm³/mol. The summed E-state index contributed by atoms with van der Waals surface area (Å²) in [6, 6.07) is 11.8. The smallest absolute Gasteiger partial charge is 0.252 e. The van der Waals surface area contributed by atoms with Crippen LogP contribution in [0.3, 0.4) is 0 Å². The highest BCUT2D eigenvalue weighted by Crippen LogP contribution is 2.26. The van der Waals surface area contributed by atoms with E-state index in [1.807, 2.05) is 29.8 Å². The average molecular weight is 480 g/mol. The van der Waals surface area contributed by atoms with Gasteiger partial charge in [0, 0.05) is 25.2 Å². The molecular formula is C21H22ClN3O4S2. The molecule has 1 aliphatic rings. The van der Waals surface area contributed by atoms with Crippen LogP contribution < -0.4 is 9.54 Å². The minimum atomic E-state index is -3.69. The fourth-order valence-corrected chi connectivity index (χ4v) is 6.35. The number of amides is 1. The summed E-state index contributed by atoms with van der Waals surface area (Å²) in [5, 5.41) is 0.471. The molecule has 10 heteroatoms. The third-order valence-corrected chi connectivity index (χ3v) is 8.63. The molecule has 0 spiro atoms. The Morgan fingerprint density at radius 3 is 2.68 bits per heavy atom. The second kappa shape index (κ2) is 8.74. The number of carbonyl (C=O) groups is 1. The number of sulfonamides is 1. The number of methoxy groups -OCH3 is 1. The van der Waals surface area contributed by atoms with Crippen molar-refractivity contribution in [3.8, 4) is 5.75 Å². The lowest BCUT2D eigenvalue weighted by Gasteiger charge is -2.30. The molecule has 1 aliphatic heterocycles. The summed E-state index contributed by atoms with van der Waals surface area (Å²) < 4.78 is 35.4. The molecule has 2 aromatic carbocycles. The van der Waals surface area contributed by atoms with E-state index < -0.39 is 15.9 Å². The van der Waals surface area contributed by atoms with Crippen LogP contribution in [0.5, 0.6) is 5.75 Å². The Kier molecular flexibility index (Phi) is 6.20. The van der Waals surface area contributed by atoms with Gasteiger partial charge in [0.05, 0.1) is 28.1 Å². The van der Waals surface area contributed by atoms with E-state index in [0.29, 0.717) is 29.2 Å². The van der Waals surface area contributed by atoms with Crippen LogP contribution in [0.2, 0.25) is 5.02 Å². The molecule has 3 aromatic rings. The van der Waals surface area contributed by atoms with Crippen LogP contribution in [0, 0.1) is 5.92 Å². The number of hydrogen-bond acceptors (Lipinski definition) is 5. The quantitative estimate of drug-likeness (QED) is 0.574. The number of aromatic nitrogens is 1. The van der Waals surface area contributed by atoms with Gasteiger partial charge in [-0.25, -0.2) is 8.42 Å². The molecule has 1 atom stereocenters. The van der Waals surface area contributed by atoms with Crippen LogP contribution in [0.15, 0.2) is 52.4 Å². The molecular weight excluding hydrogens is 458 g/mol. The molecule has 4 rings (SSSR count). The van der Waals surface area contributed by atoms with Gasteiger partial charge in [-0.3, -0.25) is 4.79 Å². The zero-order valence-corrected chi connectivity index (χ0v) is 19.5. The summed E-state index contributed by atoms with van der Waals surface area (Å²) in [5.41, 5.74) is 0.952. The summed E-state index contributed by atoms with van der Waals surface area (Å²) in [7, 11) is -0.226. The van der Waals surface area contributed by atoms with Crippen LogP contribution in [0.4, 0.5) is 0 Å². The lowest BCUT2D eigenvalue weighted by molar-refractivity contribution is -0.122. The van der Waals surface area contributed by atoms with Gasteiger partial charge >= 0.3 is 0 Å². The fourth-order valence-electron chi connectivity index (χ4n) is 3.65. The number of rotatable bonds is 4. The van der Waals surface area contributed by atoms with Gasteiger partial charge in [0.25, 0.3) is 5.91 Å². The number of fused-ring (bicyclic) bond motifs is 1. The van der Waals surface area contributed by atoms with E-state index in [1.54, 1.807) is 19.2 Å². The van der Waals surface area contributed by atoms with Gasteiger partial charge in [-0.15, -0.1) is 0 Å². The molecule has 0 N–H and O–H groups in total. The van der Waals surface area contributed by atoms with Gasteiger partial charge < -0.3 is 9.30 Å². The number of ether oxygens (including phenoxy) is 1. The first kappa shape index (κ1) is 22.0. The molecule has 1 saturated heterocycles. The van der Waals surface area contributed by atoms with Crippen molar-refractivity contribution >= 4 is 49.1 Å². The summed E-state index contributed by atoms with van der Waals surface area (Å²) >= 11 is 7.28. The molecule has 0 bridgehead atoms. The maximum Gasteiger partial charge on any atom is 0.252 e. The highest BCUT2D eigenvalue weighted by molar-refractivity contribution is 7.89. The van der Waals surface area contributed by atoms with E-state index in [4.69, 9.17) is 16.3 Å². The second-order valence-electron chi connectivity index (χ2n) is 7.38. The zero-order valence-electron chi connectivity index (χ0n) is 17.1. The average Bonchev–Trinajstić information content (AvgIpc) is 3.08. The number of carbonyl (C=O) groups excluding carboxylic acids is 1. The van der Waals surface area contributed by atoms with Gasteiger partial charge in [-0.2, -0.15) is 9.30 Å². The van der Waals surface area contributed by atoms with Crippen LogP contribution >= 0.6 is 22.9 Å². The SMILES string of the molecule is COc1ccc2c(c1)sc(=NC(=O)C1CCCN(S(=O)(=O)c3ccc(Cl)cc3)C1)n2C. The first-order valence-corrected chi connectivity index (χ1v) is 12.4. The number of halogens is 1. The number of benzene rings is 2. The highest BCUT2D eigenvalue weighted by atomic mass is 35.5. The Morgan fingerprint density at radius 1 is 1.23 bits per heavy atom.